The second-order valence-corrected chi connectivity index (χ2v) is 5.47. The summed E-state index contributed by atoms with van der Waals surface area (Å²) in [6, 6.07) is 7.60. The molecular formula is C16H19N3O4. The maximum atomic E-state index is 12.3. The van der Waals surface area contributed by atoms with E-state index in [1.54, 1.807) is 11.8 Å². The monoisotopic (exact) mass is 317 g/mol. The topological polar surface area (TPSA) is 77.7 Å². The molecule has 1 atom stereocenters. The summed E-state index contributed by atoms with van der Waals surface area (Å²) >= 11 is 0. The summed E-state index contributed by atoms with van der Waals surface area (Å²) in [6.45, 7) is 5.09. The van der Waals surface area contributed by atoms with Crippen molar-refractivity contribution < 1.29 is 18.8 Å². The van der Waals surface area contributed by atoms with Gasteiger partial charge < -0.3 is 18.9 Å². The van der Waals surface area contributed by atoms with Crippen molar-refractivity contribution in [2.24, 2.45) is 0 Å². The molecule has 1 saturated heterocycles. The van der Waals surface area contributed by atoms with E-state index in [-0.39, 0.29) is 18.6 Å². The van der Waals surface area contributed by atoms with E-state index in [9.17, 15) is 4.79 Å². The molecule has 0 saturated carbocycles. The van der Waals surface area contributed by atoms with Gasteiger partial charge in [0, 0.05) is 13.5 Å². The van der Waals surface area contributed by atoms with Crippen molar-refractivity contribution >= 4 is 5.91 Å². The molecule has 7 nitrogen and oxygen atoms in total. The zero-order valence-electron chi connectivity index (χ0n) is 13.2. The fourth-order valence-electron chi connectivity index (χ4n) is 2.35. The number of carbonyl (C=O) groups is 1. The van der Waals surface area contributed by atoms with Crippen LogP contribution in [0.15, 0.2) is 28.8 Å². The summed E-state index contributed by atoms with van der Waals surface area (Å²) in [5.41, 5.74) is 1.15. The highest BCUT2D eigenvalue weighted by Crippen LogP contribution is 2.20. The Balaban J connectivity index is 1.55. The van der Waals surface area contributed by atoms with E-state index < -0.39 is 0 Å². The molecule has 3 rings (SSSR count). The molecule has 0 bridgehead atoms. The Morgan fingerprint density at radius 2 is 2.13 bits per heavy atom. The van der Waals surface area contributed by atoms with Crippen LogP contribution in [0.1, 0.15) is 23.4 Å². The van der Waals surface area contributed by atoms with Gasteiger partial charge in [-0.05, 0) is 19.1 Å². The van der Waals surface area contributed by atoms with Gasteiger partial charge in [0.2, 0.25) is 11.7 Å². The summed E-state index contributed by atoms with van der Waals surface area (Å²) in [7, 11) is 0. The molecule has 122 valence electrons. The fourth-order valence-corrected chi connectivity index (χ4v) is 2.35. The number of ether oxygens (including phenoxy) is 2. The van der Waals surface area contributed by atoms with E-state index in [0.717, 1.165) is 5.56 Å². The second kappa shape index (κ2) is 6.78. The van der Waals surface area contributed by atoms with Crippen molar-refractivity contribution in [3.05, 3.63) is 41.5 Å². The quantitative estimate of drug-likeness (QED) is 0.853. The lowest BCUT2D eigenvalue weighted by Crippen LogP contribution is -2.44. The number of aryl methyl sites for hydroxylation is 2. The summed E-state index contributed by atoms with van der Waals surface area (Å²) in [4.78, 5) is 18.2. The van der Waals surface area contributed by atoms with E-state index >= 15 is 0 Å². The van der Waals surface area contributed by atoms with E-state index in [2.05, 4.69) is 10.1 Å². The van der Waals surface area contributed by atoms with Crippen LogP contribution in [-0.2, 0) is 9.53 Å². The lowest BCUT2D eigenvalue weighted by molar-refractivity contribution is -0.141. The molecule has 2 heterocycles. The summed E-state index contributed by atoms with van der Waals surface area (Å²) < 4.78 is 16.1. The number of aromatic nitrogens is 2. The van der Waals surface area contributed by atoms with Crippen LogP contribution in [-0.4, -0.2) is 47.3 Å². The van der Waals surface area contributed by atoms with Gasteiger partial charge in [0.1, 0.15) is 11.9 Å². The minimum absolute atomic E-state index is 0.00104. The Bertz CT molecular complexity index is 668. The normalized spacial score (nSPS) is 18.0. The zero-order valence-corrected chi connectivity index (χ0v) is 13.2. The van der Waals surface area contributed by atoms with Crippen LogP contribution in [0, 0.1) is 13.8 Å². The first-order valence-electron chi connectivity index (χ1n) is 7.51. The van der Waals surface area contributed by atoms with Gasteiger partial charge in [0.05, 0.1) is 13.2 Å². The van der Waals surface area contributed by atoms with Crippen molar-refractivity contribution in [2.75, 3.05) is 26.3 Å². The Morgan fingerprint density at radius 3 is 2.83 bits per heavy atom. The number of hydrogen-bond donors (Lipinski definition) is 0. The SMILES string of the molecule is Cc1ccc(OCC(=O)N2CCOC(c3noc(C)n3)C2)cc1. The molecular weight excluding hydrogens is 298 g/mol. The fraction of sp³-hybridized carbons (Fsp3) is 0.438. The van der Waals surface area contributed by atoms with Crippen LogP contribution in [0.2, 0.25) is 0 Å². The predicted molar refractivity (Wildman–Crippen MR) is 81.0 cm³/mol. The lowest BCUT2D eigenvalue weighted by Gasteiger charge is -2.31. The Labute approximate surface area is 134 Å². The average Bonchev–Trinajstić information content (AvgIpc) is 3.01. The van der Waals surface area contributed by atoms with Gasteiger partial charge in [-0.2, -0.15) is 4.98 Å². The third kappa shape index (κ3) is 3.87. The number of rotatable bonds is 4. The molecule has 1 aromatic carbocycles. The maximum absolute atomic E-state index is 12.3. The number of benzene rings is 1. The summed E-state index contributed by atoms with van der Waals surface area (Å²) in [6.07, 6.45) is -0.357. The molecule has 1 fully saturated rings. The van der Waals surface area contributed by atoms with Crippen LogP contribution in [0.3, 0.4) is 0 Å². The summed E-state index contributed by atoms with van der Waals surface area (Å²) in [5, 5.41) is 3.85. The highest BCUT2D eigenvalue weighted by molar-refractivity contribution is 5.77. The van der Waals surface area contributed by atoms with Gasteiger partial charge >= 0.3 is 0 Å². The molecule has 2 aromatic rings. The van der Waals surface area contributed by atoms with E-state index in [1.807, 2.05) is 31.2 Å². The van der Waals surface area contributed by atoms with Crippen LogP contribution in [0.25, 0.3) is 0 Å². The van der Waals surface area contributed by atoms with Gasteiger partial charge in [-0.3, -0.25) is 4.79 Å². The molecule has 23 heavy (non-hydrogen) atoms. The molecule has 0 spiro atoms. The van der Waals surface area contributed by atoms with Crippen molar-refractivity contribution in [3.8, 4) is 5.75 Å². The molecule has 1 amide bonds. The highest BCUT2D eigenvalue weighted by Gasteiger charge is 2.28. The summed E-state index contributed by atoms with van der Waals surface area (Å²) in [5.74, 6) is 1.55. The van der Waals surface area contributed by atoms with Crippen molar-refractivity contribution in [1.82, 2.24) is 15.0 Å². The molecule has 1 aliphatic rings. The first kappa shape index (κ1) is 15.5. The lowest BCUT2D eigenvalue weighted by atomic mass is 10.2. The number of nitrogens with zero attached hydrogens (tertiary/aromatic N) is 3. The molecule has 1 unspecified atom stereocenters. The average molecular weight is 317 g/mol. The first-order valence-corrected chi connectivity index (χ1v) is 7.51. The third-order valence-electron chi connectivity index (χ3n) is 3.63. The Morgan fingerprint density at radius 1 is 1.35 bits per heavy atom. The minimum Gasteiger partial charge on any atom is -0.484 e. The van der Waals surface area contributed by atoms with Crippen molar-refractivity contribution in [1.29, 1.82) is 0 Å². The van der Waals surface area contributed by atoms with Gasteiger partial charge in [-0.1, -0.05) is 22.9 Å². The minimum atomic E-state index is -0.357. The molecule has 0 radical (unpaired) electrons. The van der Waals surface area contributed by atoms with E-state index in [4.69, 9.17) is 14.0 Å². The van der Waals surface area contributed by atoms with Gasteiger partial charge in [0.25, 0.3) is 5.91 Å². The van der Waals surface area contributed by atoms with E-state index in [1.165, 1.54) is 0 Å². The zero-order chi connectivity index (χ0) is 16.2. The molecule has 0 aliphatic carbocycles. The van der Waals surface area contributed by atoms with Gasteiger partial charge in [0.15, 0.2) is 6.61 Å². The van der Waals surface area contributed by atoms with Crippen LogP contribution < -0.4 is 4.74 Å². The maximum Gasteiger partial charge on any atom is 0.260 e. The smallest absolute Gasteiger partial charge is 0.260 e. The number of carbonyl (C=O) groups excluding carboxylic acids is 1. The molecule has 0 N–H and O–H groups in total. The van der Waals surface area contributed by atoms with E-state index in [0.29, 0.717) is 37.2 Å². The predicted octanol–water partition coefficient (Wildman–Crippen LogP) is 1.67. The first-order chi connectivity index (χ1) is 11.1. The molecule has 1 aromatic heterocycles. The number of hydrogen-bond acceptors (Lipinski definition) is 6. The van der Waals surface area contributed by atoms with Crippen LogP contribution in [0.5, 0.6) is 5.75 Å². The highest BCUT2D eigenvalue weighted by atomic mass is 16.5. The van der Waals surface area contributed by atoms with Crippen molar-refractivity contribution in [3.63, 3.8) is 0 Å². The second-order valence-electron chi connectivity index (χ2n) is 5.47. The van der Waals surface area contributed by atoms with Gasteiger partial charge in [-0.15, -0.1) is 0 Å². The van der Waals surface area contributed by atoms with Crippen LogP contribution >= 0.6 is 0 Å². The molecule has 1 aliphatic heterocycles. The standard InChI is InChI=1S/C16H19N3O4/c1-11-3-5-13(6-4-11)22-10-15(20)19-7-8-21-14(9-19)16-17-12(2)23-18-16/h3-6,14H,7-10H2,1-2H3. The molecule has 7 heteroatoms. The Kier molecular flexibility index (Phi) is 4.57. The largest absolute Gasteiger partial charge is 0.484 e. The third-order valence-corrected chi connectivity index (χ3v) is 3.63. The van der Waals surface area contributed by atoms with Gasteiger partial charge in [-0.25, -0.2) is 0 Å². The van der Waals surface area contributed by atoms with Crippen LogP contribution in [0.4, 0.5) is 0 Å². The number of morpholine rings is 1. The number of amides is 1. The van der Waals surface area contributed by atoms with Crippen molar-refractivity contribution in [2.45, 2.75) is 20.0 Å². The Hall–Kier alpha value is -2.41.